The fraction of sp³-hybridized carbons (Fsp3) is 0. The van der Waals surface area contributed by atoms with Crippen LogP contribution >= 0.6 is 0 Å². The monoisotopic (exact) mass is 460 g/mol. The van der Waals surface area contributed by atoms with Crippen LogP contribution in [-0.4, -0.2) is 21.4 Å². The van der Waals surface area contributed by atoms with Crippen molar-refractivity contribution in [3.8, 4) is 5.69 Å². The topological polar surface area (TPSA) is 76.5 Å². The standard InChI is InChI=1S/C24H16N2O4S2/c27-31(28)23-16-8-15-22(24(23)32(29,30)26(31)17-9-2-1-3-10-17)25-20-13-6-4-11-18(20)19-12-5-7-14-21(19)25/h1-16H. The summed E-state index contributed by atoms with van der Waals surface area (Å²) in [5.74, 6) is 0. The van der Waals surface area contributed by atoms with Crippen molar-refractivity contribution in [2.45, 2.75) is 9.79 Å². The molecule has 2 heterocycles. The highest BCUT2D eigenvalue weighted by Crippen LogP contribution is 2.44. The molecule has 8 heteroatoms. The Morgan fingerprint density at radius 1 is 0.531 bits per heavy atom. The van der Waals surface area contributed by atoms with E-state index in [0.717, 1.165) is 21.8 Å². The van der Waals surface area contributed by atoms with E-state index in [4.69, 9.17) is 0 Å². The smallest absolute Gasteiger partial charge is 0.281 e. The van der Waals surface area contributed by atoms with Gasteiger partial charge in [-0.3, -0.25) is 0 Å². The van der Waals surface area contributed by atoms with Gasteiger partial charge in [-0.15, -0.1) is 0 Å². The zero-order valence-corrected chi connectivity index (χ0v) is 18.2. The molecule has 0 N–H and O–H groups in total. The van der Waals surface area contributed by atoms with Gasteiger partial charge in [0.25, 0.3) is 20.0 Å². The molecule has 0 bridgehead atoms. The van der Waals surface area contributed by atoms with Crippen LogP contribution in [0.3, 0.4) is 0 Å². The van der Waals surface area contributed by atoms with E-state index in [2.05, 4.69) is 0 Å². The molecular formula is C24H16N2O4S2. The molecular weight excluding hydrogens is 444 g/mol. The summed E-state index contributed by atoms with van der Waals surface area (Å²) in [5, 5.41) is 1.91. The highest BCUT2D eigenvalue weighted by molar-refractivity contribution is 8.12. The summed E-state index contributed by atoms with van der Waals surface area (Å²) in [6.45, 7) is 0. The maximum atomic E-state index is 13.7. The van der Waals surface area contributed by atoms with Crippen LogP contribution in [0.2, 0.25) is 0 Å². The van der Waals surface area contributed by atoms with Gasteiger partial charge < -0.3 is 4.57 Å². The zero-order valence-electron chi connectivity index (χ0n) is 16.6. The number of rotatable bonds is 2. The summed E-state index contributed by atoms with van der Waals surface area (Å²) in [6.07, 6.45) is 0. The Kier molecular flexibility index (Phi) is 3.84. The Labute approximate surface area is 185 Å². The highest BCUT2D eigenvalue weighted by atomic mass is 32.3. The average Bonchev–Trinajstić information content (AvgIpc) is 3.21. The molecule has 6 nitrogen and oxygen atoms in total. The van der Waals surface area contributed by atoms with Gasteiger partial charge in [0.1, 0.15) is 9.79 Å². The molecule has 0 saturated heterocycles. The molecule has 0 unspecified atom stereocenters. The molecule has 0 spiro atoms. The van der Waals surface area contributed by atoms with E-state index in [-0.39, 0.29) is 15.5 Å². The molecule has 1 aliphatic heterocycles. The van der Waals surface area contributed by atoms with Crippen molar-refractivity contribution in [2.24, 2.45) is 0 Å². The average molecular weight is 461 g/mol. The van der Waals surface area contributed by atoms with Crippen LogP contribution < -0.4 is 3.71 Å². The number of hydrogen-bond acceptors (Lipinski definition) is 4. The van der Waals surface area contributed by atoms with Gasteiger partial charge in [-0.1, -0.05) is 60.7 Å². The number of nitrogens with zero attached hydrogens (tertiary/aromatic N) is 2. The van der Waals surface area contributed by atoms with Crippen LogP contribution in [0, 0.1) is 0 Å². The molecule has 5 aromatic rings. The van der Waals surface area contributed by atoms with Crippen molar-refractivity contribution >= 4 is 47.5 Å². The van der Waals surface area contributed by atoms with E-state index in [1.807, 2.05) is 53.1 Å². The number of hydrogen-bond donors (Lipinski definition) is 0. The molecule has 1 aromatic heterocycles. The van der Waals surface area contributed by atoms with Crippen LogP contribution in [0.1, 0.15) is 0 Å². The van der Waals surface area contributed by atoms with E-state index >= 15 is 0 Å². The lowest BCUT2D eigenvalue weighted by atomic mass is 10.2. The van der Waals surface area contributed by atoms with E-state index in [1.54, 1.807) is 30.3 Å². The summed E-state index contributed by atoms with van der Waals surface area (Å²) in [4.78, 5) is -0.434. The van der Waals surface area contributed by atoms with E-state index in [0.29, 0.717) is 9.40 Å². The van der Waals surface area contributed by atoms with Gasteiger partial charge in [0.2, 0.25) is 0 Å². The van der Waals surface area contributed by atoms with E-state index < -0.39 is 20.0 Å². The molecule has 158 valence electrons. The third-order valence-electron chi connectivity index (χ3n) is 5.72. The van der Waals surface area contributed by atoms with Crippen molar-refractivity contribution in [3.05, 3.63) is 97.1 Å². The van der Waals surface area contributed by atoms with E-state index in [1.165, 1.54) is 18.2 Å². The number of aromatic nitrogens is 1. The van der Waals surface area contributed by atoms with Crippen LogP contribution in [-0.2, 0) is 20.0 Å². The first-order valence-corrected chi connectivity index (χ1v) is 12.8. The summed E-state index contributed by atoms with van der Waals surface area (Å²) in [6, 6.07) is 27.8. The Morgan fingerprint density at radius 2 is 1.09 bits per heavy atom. The Morgan fingerprint density at radius 3 is 1.72 bits per heavy atom. The van der Waals surface area contributed by atoms with Crippen LogP contribution in [0.25, 0.3) is 27.5 Å². The van der Waals surface area contributed by atoms with Gasteiger partial charge in [-0.25, -0.2) is 0 Å². The molecule has 0 aliphatic carbocycles. The second kappa shape index (κ2) is 6.44. The zero-order chi connectivity index (χ0) is 22.1. The minimum atomic E-state index is -4.38. The van der Waals surface area contributed by atoms with Crippen molar-refractivity contribution in [1.82, 2.24) is 4.57 Å². The normalized spacial score (nSPS) is 16.4. The predicted octanol–water partition coefficient (Wildman–Crippen LogP) is 4.68. The highest BCUT2D eigenvalue weighted by Gasteiger charge is 2.49. The molecule has 6 rings (SSSR count). The molecule has 0 radical (unpaired) electrons. The van der Waals surface area contributed by atoms with Gasteiger partial charge in [-0.2, -0.15) is 20.5 Å². The number of para-hydroxylation sites is 3. The molecule has 0 atom stereocenters. The van der Waals surface area contributed by atoms with Gasteiger partial charge in [-0.05, 0) is 36.4 Å². The lowest BCUT2D eigenvalue weighted by Gasteiger charge is -2.16. The fourth-order valence-corrected chi connectivity index (χ4v) is 9.06. The molecule has 0 amide bonds. The molecule has 32 heavy (non-hydrogen) atoms. The maximum Gasteiger partial charge on any atom is 0.281 e. The van der Waals surface area contributed by atoms with Crippen molar-refractivity contribution in [2.75, 3.05) is 3.71 Å². The second-order valence-corrected chi connectivity index (χ2v) is 11.2. The summed E-state index contributed by atoms with van der Waals surface area (Å²) in [5.41, 5.74) is 1.99. The number of benzene rings is 4. The maximum absolute atomic E-state index is 13.7. The van der Waals surface area contributed by atoms with Gasteiger partial charge in [0.15, 0.2) is 0 Å². The molecule has 4 aromatic carbocycles. The largest absolute Gasteiger partial charge is 0.308 e. The van der Waals surface area contributed by atoms with Gasteiger partial charge >= 0.3 is 0 Å². The fourth-order valence-electron chi connectivity index (χ4n) is 4.45. The second-order valence-electron chi connectivity index (χ2n) is 7.52. The minimum absolute atomic E-state index is 0.0804. The van der Waals surface area contributed by atoms with Crippen molar-refractivity contribution in [1.29, 1.82) is 0 Å². The lowest BCUT2D eigenvalue weighted by Crippen LogP contribution is -2.30. The van der Waals surface area contributed by atoms with E-state index in [9.17, 15) is 16.8 Å². The summed E-state index contributed by atoms with van der Waals surface area (Å²) >= 11 is 0. The first-order chi connectivity index (χ1) is 15.4. The van der Waals surface area contributed by atoms with Gasteiger partial charge in [0, 0.05) is 10.8 Å². The molecule has 0 saturated carbocycles. The first kappa shape index (κ1) is 19.1. The predicted molar refractivity (Wildman–Crippen MR) is 124 cm³/mol. The van der Waals surface area contributed by atoms with Crippen molar-refractivity contribution < 1.29 is 16.8 Å². The Bertz CT molecular complexity index is 1700. The minimum Gasteiger partial charge on any atom is -0.308 e. The summed E-state index contributed by atoms with van der Waals surface area (Å²) in [7, 11) is -8.67. The SMILES string of the molecule is O=S1(=O)c2cccc(-n3c4ccccc4c4ccccc43)c2S(=O)(=O)N1c1ccccc1. The third-order valence-corrected chi connectivity index (χ3v) is 10.2. The molecule has 1 aliphatic rings. The molecule has 0 fully saturated rings. The Balaban J connectivity index is 1.75. The lowest BCUT2D eigenvalue weighted by molar-refractivity contribution is 0.593. The van der Waals surface area contributed by atoms with Gasteiger partial charge in [0.05, 0.1) is 22.4 Å². The third kappa shape index (κ3) is 2.39. The first-order valence-electron chi connectivity index (χ1n) is 9.89. The Hall–Kier alpha value is -3.62. The van der Waals surface area contributed by atoms with Crippen molar-refractivity contribution in [3.63, 3.8) is 0 Å². The number of fused-ring (bicyclic) bond motifs is 4. The summed E-state index contributed by atoms with van der Waals surface area (Å²) < 4.78 is 56.6. The number of anilines is 1. The van der Waals surface area contributed by atoms with Crippen LogP contribution in [0.15, 0.2) is 107 Å². The van der Waals surface area contributed by atoms with Crippen LogP contribution in [0.4, 0.5) is 5.69 Å². The quantitative estimate of drug-likeness (QED) is 0.383. The number of sulfonamides is 2. The van der Waals surface area contributed by atoms with Crippen LogP contribution in [0.5, 0.6) is 0 Å².